The molecule has 4 nitrogen and oxygen atoms in total. The molecule has 0 rings (SSSR count). The molecule has 0 aromatic rings. The Morgan fingerprint density at radius 2 is 2.08 bits per heavy atom. The lowest BCUT2D eigenvalue weighted by molar-refractivity contribution is -0.120. The van der Waals surface area contributed by atoms with Gasteiger partial charge in [0.25, 0.3) is 0 Å². The number of Topliss-reactive ketones (excluding diaryl/α,β-unsaturated/α-hetero) is 1. The molecule has 0 aliphatic heterocycles. The van der Waals surface area contributed by atoms with E-state index in [-0.39, 0.29) is 12.2 Å². The normalized spacial score (nSPS) is 15.4. The molecule has 4 N–H and O–H groups in total. The molecular formula is C7H16BNO3. The van der Waals surface area contributed by atoms with Crippen molar-refractivity contribution in [2.75, 3.05) is 0 Å². The van der Waals surface area contributed by atoms with Crippen LogP contribution < -0.4 is 5.73 Å². The molecule has 0 aromatic heterocycles. The Morgan fingerprint density at radius 1 is 1.58 bits per heavy atom. The third-order valence-electron chi connectivity index (χ3n) is 1.89. The molecule has 0 aromatic carbocycles. The standard InChI is InChI=1S/C7H16BNO3/c1-3-6(9)7(10)4-5(2)8(11)12/h5-6,11-12H,3-4,9H2,1-2H3/t5-,6+/m1/s1. The van der Waals surface area contributed by atoms with Crippen LogP contribution >= 0.6 is 0 Å². The largest absolute Gasteiger partial charge is 0.454 e. The molecule has 0 bridgehead atoms. The van der Waals surface area contributed by atoms with Crippen molar-refractivity contribution in [3.8, 4) is 0 Å². The molecule has 0 saturated heterocycles. The van der Waals surface area contributed by atoms with Crippen molar-refractivity contribution < 1.29 is 14.8 Å². The number of carbonyl (C=O) groups excluding carboxylic acids is 1. The maximum Gasteiger partial charge on any atom is 0.454 e. The Hall–Kier alpha value is -0.385. The van der Waals surface area contributed by atoms with Crippen LogP contribution in [0.3, 0.4) is 0 Å². The van der Waals surface area contributed by atoms with Crippen LogP contribution in [0.25, 0.3) is 0 Å². The first-order chi connectivity index (χ1) is 5.49. The minimum absolute atomic E-state index is 0.113. The summed E-state index contributed by atoms with van der Waals surface area (Å²) in [5, 5.41) is 17.4. The Balaban J connectivity index is 3.84. The number of hydrogen-bond donors (Lipinski definition) is 3. The van der Waals surface area contributed by atoms with Gasteiger partial charge in [0.05, 0.1) is 6.04 Å². The Morgan fingerprint density at radius 3 is 2.42 bits per heavy atom. The minimum atomic E-state index is -1.43. The molecule has 0 heterocycles. The van der Waals surface area contributed by atoms with Crippen molar-refractivity contribution in [2.45, 2.75) is 38.5 Å². The smallest absolute Gasteiger partial charge is 0.427 e. The highest BCUT2D eigenvalue weighted by Crippen LogP contribution is 2.12. The fourth-order valence-corrected chi connectivity index (χ4v) is 0.802. The Labute approximate surface area is 72.9 Å². The van der Waals surface area contributed by atoms with Crippen molar-refractivity contribution in [1.82, 2.24) is 0 Å². The fraction of sp³-hybridized carbons (Fsp3) is 0.857. The lowest BCUT2D eigenvalue weighted by Crippen LogP contribution is -2.32. The highest BCUT2D eigenvalue weighted by atomic mass is 16.4. The first kappa shape index (κ1) is 11.6. The van der Waals surface area contributed by atoms with Gasteiger partial charge >= 0.3 is 7.12 Å². The van der Waals surface area contributed by atoms with Crippen LogP contribution in [0, 0.1) is 0 Å². The van der Waals surface area contributed by atoms with Gasteiger partial charge in [-0.1, -0.05) is 13.8 Å². The summed E-state index contributed by atoms with van der Waals surface area (Å²) in [5.74, 6) is -0.548. The average molecular weight is 173 g/mol. The third-order valence-corrected chi connectivity index (χ3v) is 1.89. The summed E-state index contributed by atoms with van der Waals surface area (Å²) < 4.78 is 0. The zero-order valence-corrected chi connectivity index (χ0v) is 7.53. The third kappa shape index (κ3) is 3.85. The van der Waals surface area contributed by atoms with E-state index in [4.69, 9.17) is 15.8 Å². The van der Waals surface area contributed by atoms with Gasteiger partial charge < -0.3 is 15.8 Å². The van der Waals surface area contributed by atoms with Crippen molar-refractivity contribution in [1.29, 1.82) is 0 Å². The molecule has 0 aliphatic rings. The second kappa shape index (κ2) is 5.29. The first-order valence-electron chi connectivity index (χ1n) is 4.13. The number of nitrogens with two attached hydrogens (primary N) is 1. The second-order valence-corrected chi connectivity index (χ2v) is 3.08. The molecule has 12 heavy (non-hydrogen) atoms. The average Bonchev–Trinajstić information content (AvgIpc) is 2.02. The van der Waals surface area contributed by atoms with Gasteiger partial charge in [-0.3, -0.25) is 4.79 Å². The number of rotatable bonds is 5. The quantitative estimate of drug-likeness (QED) is 0.491. The molecule has 0 fully saturated rings. The van der Waals surface area contributed by atoms with Crippen molar-refractivity contribution in [2.24, 2.45) is 5.73 Å². The van der Waals surface area contributed by atoms with Crippen LogP contribution in [0.4, 0.5) is 0 Å². The van der Waals surface area contributed by atoms with Gasteiger partial charge in [0, 0.05) is 6.42 Å². The van der Waals surface area contributed by atoms with Crippen LogP contribution in [-0.2, 0) is 4.79 Å². The fourth-order valence-electron chi connectivity index (χ4n) is 0.802. The van der Waals surface area contributed by atoms with E-state index in [1.54, 1.807) is 6.92 Å². The van der Waals surface area contributed by atoms with E-state index in [1.165, 1.54) is 0 Å². The summed E-state index contributed by atoms with van der Waals surface area (Å²) in [6.45, 7) is 3.42. The van der Waals surface area contributed by atoms with Gasteiger partial charge in [0.15, 0.2) is 0 Å². The predicted octanol–water partition coefficient (Wildman–Crippen LogP) is -0.454. The maximum absolute atomic E-state index is 11.1. The molecule has 5 heteroatoms. The summed E-state index contributed by atoms with van der Waals surface area (Å²) in [7, 11) is -1.43. The van der Waals surface area contributed by atoms with Gasteiger partial charge in [-0.05, 0) is 12.2 Å². The number of hydrogen-bond acceptors (Lipinski definition) is 4. The molecule has 0 amide bonds. The van der Waals surface area contributed by atoms with Crippen LogP contribution in [0.15, 0.2) is 0 Å². The van der Waals surface area contributed by atoms with Gasteiger partial charge in [0.1, 0.15) is 5.78 Å². The lowest BCUT2D eigenvalue weighted by Gasteiger charge is -2.11. The van der Waals surface area contributed by atoms with Gasteiger partial charge in [-0.15, -0.1) is 0 Å². The lowest BCUT2D eigenvalue weighted by atomic mass is 9.71. The van der Waals surface area contributed by atoms with E-state index in [0.717, 1.165) is 0 Å². The topological polar surface area (TPSA) is 83.6 Å². The highest BCUT2D eigenvalue weighted by Gasteiger charge is 2.23. The van der Waals surface area contributed by atoms with E-state index in [1.807, 2.05) is 6.92 Å². The summed E-state index contributed by atoms with van der Waals surface area (Å²) in [6.07, 6.45) is 0.722. The van der Waals surface area contributed by atoms with Crippen LogP contribution in [0.2, 0.25) is 5.82 Å². The van der Waals surface area contributed by atoms with Crippen molar-refractivity contribution in [3.05, 3.63) is 0 Å². The number of carbonyl (C=O) groups is 1. The van der Waals surface area contributed by atoms with E-state index < -0.39 is 19.0 Å². The SMILES string of the molecule is CC[C@H](N)C(=O)C[C@@H](C)B(O)O. The van der Waals surface area contributed by atoms with E-state index in [9.17, 15) is 4.79 Å². The Bertz CT molecular complexity index is 152. The zero-order chi connectivity index (χ0) is 9.72. The van der Waals surface area contributed by atoms with Crippen LogP contribution in [-0.4, -0.2) is 29.0 Å². The summed E-state index contributed by atoms with van der Waals surface area (Å²) in [4.78, 5) is 11.1. The molecule has 70 valence electrons. The predicted molar refractivity (Wildman–Crippen MR) is 47.5 cm³/mol. The molecule has 2 atom stereocenters. The Kier molecular flexibility index (Phi) is 5.12. The monoisotopic (exact) mass is 173 g/mol. The summed E-state index contributed by atoms with van der Waals surface area (Å²) in [5.41, 5.74) is 5.45. The van der Waals surface area contributed by atoms with Crippen LogP contribution in [0.1, 0.15) is 26.7 Å². The van der Waals surface area contributed by atoms with Gasteiger partial charge in [-0.25, -0.2) is 0 Å². The van der Waals surface area contributed by atoms with Crippen molar-refractivity contribution in [3.63, 3.8) is 0 Å². The number of ketones is 1. The second-order valence-electron chi connectivity index (χ2n) is 3.08. The van der Waals surface area contributed by atoms with E-state index in [2.05, 4.69) is 0 Å². The molecule has 0 spiro atoms. The highest BCUT2D eigenvalue weighted by molar-refractivity contribution is 6.43. The first-order valence-corrected chi connectivity index (χ1v) is 4.13. The zero-order valence-electron chi connectivity index (χ0n) is 7.53. The van der Waals surface area contributed by atoms with E-state index >= 15 is 0 Å². The van der Waals surface area contributed by atoms with Crippen molar-refractivity contribution >= 4 is 12.9 Å². The molecule has 0 radical (unpaired) electrons. The molecular weight excluding hydrogens is 157 g/mol. The summed E-state index contributed by atoms with van der Waals surface area (Å²) >= 11 is 0. The van der Waals surface area contributed by atoms with Gasteiger partial charge in [-0.2, -0.15) is 0 Å². The maximum atomic E-state index is 11.1. The van der Waals surface area contributed by atoms with Crippen LogP contribution in [0.5, 0.6) is 0 Å². The molecule has 0 saturated carbocycles. The van der Waals surface area contributed by atoms with E-state index in [0.29, 0.717) is 6.42 Å². The minimum Gasteiger partial charge on any atom is -0.427 e. The summed E-state index contributed by atoms with van der Waals surface area (Å²) in [6, 6.07) is -0.466. The van der Waals surface area contributed by atoms with Gasteiger partial charge in [0.2, 0.25) is 0 Å². The molecule has 0 unspecified atom stereocenters. The molecule has 0 aliphatic carbocycles.